The van der Waals surface area contributed by atoms with Crippen LogP contribution in [-0.4, -0.2) is 33.5 Å². The molecule has 2 atom stereocenters. The van der Waals surface area contributed by atoms with Gasteiger partial charge in [-0.15, -0.1) is 0 Å². The van der Waals surface area contributed by atoms with Gasteiger partial charge in [0, 0.05) is 28.1 Å². The number of hydrogen-bond donors (Lipinski definition) is 3. The Balaban J connectivity index is 1.67. The molecule has 168 valence electrons. The van der Waals surface area contributed by atoms with Gasteiger partial charge in [0.2, 0.25) is 10.0 Å². The predicted molar refractivity (Wildman–Crippen MR) is 128 cm³/mol. The molecule has 1 heterocycles. The van der Waals surface area contributed by atoms with Crippen molar-refractivity contribution in [3.8, 4) is 0 Å². The first-order valence-corrected chi connectivity index (χ1v) is 12.5. The molecule has 0 spiro atoms. The molecule has 2 unspecified atom stereocenters. The van der Waals surface area contributed by atoms with E-state index in [0.29, 0.717) is 22.0 Å². The van der Waals surface area contributed by atoms with Crippen molar-refractivity contribution in [2.75, 3.05) is 18.4 Å². The van der Waals surface area contributed by atoms with E-state index in [-0.39, 0.29) is 22.8 Å². The lowest BCUT2D eigenvalue weighted by molar-refractivity contribution is 0.102. The average Bonchev–Trinajstić information content (AvgIpc) is 2.79. The summed E-state index contributed by atoms with van der Waals surface area (Å²) in [5.41, 5.74) is 2.05. The molecular formula is C25H29N3O3S. The van der Waals surface area contributed by atoms with Gasteiger partial charge in [0.25, 0.3) is 5.91 Å². The van der Waals surface area contributed by atoms with Gasteiger partial charge >= 0.3 is 0 Å². The van der Waals surface area contributed by atoms with E-state index in [2.05, 4.69) is 22.3 Å². The molecule has 0 radical (unpaired) electrons. The summed E-state index contributed by atoms with van der Waals surface area (Å²) in [5, 5.41) is 7.57. The number of nitrogens with one attached hydrogen (secondary N) is 3. The molecule has 32 heavy (non-hydrogen) atoms. The normalized spacial score (nSPS) is 19.1. The Labute approximate surface area is 189 Å². The van der Waals surface area contributed by atoms with Crippen LogP contribution in [0.5, 0.6) is 0 Å². The predicted octanol–water partition coefficient (Wildman–Crippen LogP) is 4.07. The highest BCUT2D eigenvalue weighted by Crippen LogP contribution is 2.31. The summed E-state index contributed by atoms with van der Waals surface area (Å²) in [6.07, 6.45) is 1.67. The number of piperidine rings is 1. The molecule has 1 aliphatic heterocycles. The summed E-state index contributed by atoms with van der Waals surface area (Å²) in [6.45, 7) is 5.58. The highest BCUT2D eigenvalue weighted by atomic mass is 32.2. The van der Waals surface area contributed by atoms with Crippen molar-refractivity contribution in [2.45, 2.75) is 37.6 Å². The number of carbonyl (C=O) groups excluding carboxylic acids is 1. The minimum atomic E-state index is -3.72. The number of fused-ring (bicyclic) bond motifs is 1. The zero-order valence-electron chi connectivity index (χ0n) is 18.4. The SMILES string of the molecule is CCC1CNCCC1NS(=O)(=O)c1ccc(NC(=O)c2ccccc2C)c2ccccc12. The Hall–Kier alpha value is -2.74. The van der Waals surface area contributed by atoms with Gasteiger partial charge in [-0.3, -0.25) is 4.79 Å². The van der Waals surface area contributed by atoms with Crippen LogP contribution in [0.3, 0.4) is 0 Å². The quantitative estimate of drug-likeness (QED) is 0.527. The number of anilines is 1. The van der Waals surface area contributed by atoms with E-state index in [1.165, 1.54) is 0 Å². The van der Waals surface area contributed by atoms with Gasteiger partial charge in [-0.2, -0.15) is 0 Å². The minimum Gasteiger partial charge on any atom is -0.321 e. The lowest BCUT2D eigenvalue weighted by atomic mass is 9.92. The Morgan fingerprint density at radius 3 is 2.50 bits per heavy atom. The molecule has 0 bridgehead atoms. The van der Waals surface area contributed by atoms with Crippen molar-refractivity contribution in [3.63, 3.8) is 0 Å². The summed E-state index contributed by atoms with van der Waals surface area (Å²) < 4.78 is 29.7. The third-order valence-electron chi connectivity index (χ3n) is 6.25. The van der Waals surface area contributed by atoms with E-state index in [4.69, 9.17) is 0 Å². The molecule has 0 aromatic heterocycles. The van der Waals surface area contributed by atoms with Gasteiger partial charge < -0.3 is 10.6 Å². The molecule has 7 heteroatoms. The number of benzene rings is 3. The molecule has 0 saturated carbocycles. The fourth-order valence-corrected chi connectivity index (χ4v) is 5.95. The number of aryl methyl sites for hydroxylation is 1. The third kappa shape index (κ3) is 4.55. The summed E-state index contributed by atoms with van der Waals surface area (Å²) in [4.78, 5) is 13.1. The summed E-state index contributed by atoms with van der Waals surface area (Å²) >= 11 is 0. The Morgan fingerprint density at radius 1 is 1.03 bits per heavy atom. The van der Waals surface area contributed by atoms with Crippen LogP contribution >= 0.6 is 0 Å². The lowest BCUT2D eigenvalue weighted by Crippen LogP contribution is -2.49. The summed E-state index contributed by atoms with van der Waals surface area (Å²) in [7, 11) is -3.72. The molecule has 1 saturated heterocycles. The Kier molecular flexibility index (Phi) is 6.60. The molecule has 1 aliphatic rings. The third-order valence-corrected chi connectivity index (χ3v) is 7.80. The van der Waals surface area contributed by atoms with Gasteiger partial charge in [-0.1, -0.05) is 55.8 Å². The molecule has 6 nitrogen and oxygen atoms in total. The van der Waals surface area contributed by atoms with Crippen LogP contribution in [0, 0.1) is 12.8 Å². The van der Waals surface area contributed by atoms with Crippen molar-refractivity contribution in [1.82, 2.24) is 10.0 Å². The fourth-order valence-electron chi connectivity index (χ4n) is 4.40. The van der Waals surface area contributed by atoms with Crippen molar-refractivity contribution in [1.29, 1.82) is 0 Å². The van der Waals surface area contributed by atoms with E-state index in [1.54, 1.807) is 24.3 Å². The lowest BCUT2D eigenvalue weighted by Gasteiger charge is -2.32. The maximum atomic E-state index is 13.4. The molecule has 1 fully saturated rings. The Morgan fingerprint density at radius 2 is 1.75 bits per heavy atom. The first-order chi connectivity index (χ1) is 15.4. The van der Waals surface area contributed by atoms with Crippen LogP contribution in [0.15, 0.2) is 65.6 Å². The van der Waals surface area contributed by atoms with Gasteiger partial charge in [0.05, 0.1) is 4.90 Å². The zero-order valence-corrected chi connectivity index (χ0v) is 19.2. The van der Waals surface area contributed by atoms with E-state index in [1.807, 2.05) is 43.3 Å². The van der Waals surface area contributed by atoms with Crippen LogP contribution in [-0.2, 0) is 10.0 Å². The van der Waals surface area contributed by atoms with Crippen LogP contribution in [0.25, 0.3) is 10.8 Å². The first kappa shape index (κ1) is 22.5. The second-order valence-electron chi connectivity index (χ2n) is 8.31. The van der Waals surface area contributed by atoms with E-state index >= 15 is 0 Å². The second kappa shape index (κ2) is 9.40. The number of carbonyl (C=O) groups is 1. The largest absolute Gasteiger partial charge is 0.321 e. The monoisotopic (exact) mass is 451 g/mol. The van der Waals surface area contributed by atoms with Gasteiger partial charge in [0.1, 0.15) is 0 Å². The number of sulfonamides is 1. The molecule has 3 aromatic carbocycles. The Bertz CT molecular complexity index is 1240. The fraction of sp³-hybridized carbons (Fsp3) is 0.320. The van der Waals surface area contributed by atoms with Crippen LogP contribution in [0.2, 0.25) is 0 Å². The van der Waals surface area contributed by atoms with Crippen LogP contribution in [0.4, 0.5) is 5.69 Å². The topological polar surface area (TPSA) is 87.3 Å². The molecule has 0 aliphatic carbocycles. The zero-order chi connectivity index (χ0) is 22.7. The van der Waals surface area contributed by atoms with Gasteiger partial charge in [-0.05, 0) is 56.1 Å². The summed E-state index contributed by atoms with van der Waals surface area (Å²) in [5.74, 6) is 0.0416. The number of amides is 1. The summed E-state index contributed by atoms with van der Waals surface area (Å²) in [6, 6.07) is 17.8. The standard InChI is InChI=1S/C25H29N3O3S/c1-3-18-16-26-15-14-22(18)28-32(30,31)24-13-12-23(20-10-6-7-11-21(20)24)27-25(29)19-9-5-4-8-17(19)2/h4-13,18,22,26,28H,3,14-16H2,1-2H3,(H,27,29). The molecule has 3 N–H and O–H groups in total. The average molecular weight is 452 g/mol. The van der Waals surface area contributed by atoms with Crippen molar-refractivity contribution >= 4 is 32.4 Å². The minimum absolute atomic E-state index is 0.0922. The van der Waals surface area contributed by atoms with E-state index < -0.39 is 10.0 Å². The number of hydrogen-bond acceptors (Lipinski definition) is 4. The smallest absolute Gasteiger partial charge is 0.255 e. The molecular weight excluding hydrogens is 422 g/mol. The van der Waals surface area contributed by atoms with Crippen LogP contribution < -0.4 is 15.4 Å². The van der Waals surface area contributed by atoms with Crippen molar-refractivity contribution in [3.05, 3.63) is 71.8 Å². The van der Waals surface area contributed by atoms with Crippen LogP contribution in [0.1, 0.15) is 35.7 Å². The first-order valence-electron chi connectivity index (χ1n) is 11.0. The van der Waals surface area contributed by atoms with Gasteiger partial charge in [0.15, 0.2) is 0 Å². The number of rotatable bonds is 6. The van der Waals surface area contributed by atoms with Crippen molar-refractivity contribution < 1.29 is 13.2 Å². The maximum absolute atomic E-state index is 13.4. The van der Waals surface area contributed by atoms with Crippen molar-refractivity contribution in [2.24, 2.45) is 5.92 Å². The van der Waals surface area contributed by atoms with Gasteiger partial charge in [-0.25, -0.2) is 13.1 Å². The highest BCUT2D eigenvalue weighted by molar-refractivity contribution is 7.89. The molecule has 1 amide bonds. The molecule has 4 rings (SSSR count). The second-order valence-corrected chi connectivity index (χ2v) is 10.00. The maximum Gasteiger partial charge on any atom is 0.255 e. The highest BCUT2D eigenvalue weighted by Gasteiger charge is 2.29. The molecule has 3 aromatic rings. The van der Waals surface area contributed by atoms with E-state index in [0.717, 1.165) is 31.5 Å². The van der Waals surface area contributed by atoms with E-state index in [9.17, 15) is 13.2 Å².